The average Bonchev–Trinajstić information content (AvgIpc) is 2.89. The van der Waals surface area contributed by atoms with Gasteiger partial charge in [0.2, 0.25) is 5.91 Å². The molecular formula is C16H10BrClN2O2S. The minimum absolute atomic E-state index is 0.0972. The van der Waals surface area contributed by atoms with Gasteiger partial charge in [-0.05, 0) is 48.5 Å². The van der Waals surface area contributed by atoms with Crippen molar-refractivity contribution >= 4 is 62.0 Å². The third-order valence-electron chi connectivity index (χ3n) is 3.14. The number of anilines is 1. The van der Waals surface area contributed by atoms with E-state index in [2.05, 4.69) is 20.9 Å². The second kappa shape index (κ2) is 6.86. The maximum atomic E-state index is 12.3. The van der Waals surface area contributed by atoms with Crippen LogP contribution in [-0.4, -0.2) is 22.7 Å². The Balaban J connectivity index is 1.90. The van der Waals surface area contributed by atoms with Crippen LogP contribution in [0.5, 0.6) is 0 Å². The zero-order valence-corrected chi connectivity index (χ0v) is 14.9. The molecule has 0 bridgehead atoms. The minimum atomic E-state index is -0.402. The Labute approximate surface area is 150 Å². The van der Waals surface area contributed by atoms with Crippen molar-refractivity contribution in [2.45, 2.75) is 0 Å². The monoisotopic (exact) mass is 408 g/mol. The molecule has 1 aliphatic heterocycles. The summed E-state index contributed by atoms with van der Waals surface area (Å²) < 4.78 is 0.913. The third kappa shape index (κ3) is 3.65. The van der Waals surface area contributed by atoms with Crippen molar-refractivity contribution in [3.8, 4) is 0 Å². The highest BCUT2D eigenvalue weighted by Gasteiger charge is 2.30. The van der Waals surface area contributed by atoms with Gasteiger partial charge in [-0.1, -0.05) is 39.3 Å². The van der Waals surface area contributed by atoms with E-state index in [4.69, 9.17) is 11.6 Å². The van der Waals surface area contributed by atoms with Gasteiger partial charge in [-0.15, -0.1) is 0 Å². The molecule has 2 amide bonds. The highest BCUT2D eigenvalue weighted by molar-refractivity contribution is 9.10. The van der Waals surface area contributed by atoms with E-state index in [-0.39, 0.29) is 11.7 Å². The Morgan fingerprint density at radius 3 is 2.43 bits per heavy atom. The van der Waals surface area contributed by atoms with E-state index in [9.17, 15) is 9.59 Å². The summed E-state index contributed by atoms with van der Waals surface area (Å²) in [7, 11) is 0. The smallest absolute Gasteiger partial charge is 0.273 e. The number of halogens is 2. The third-order valence-corrected chi connectivity index (χ3v) is 4.84. The number of amides is 2. The summed E-state index contributed by atoms with van der Waals surface area (Å²) in [6.45, 7) is 0. The largest absolute Gasteiger partial charge is 0.279 e. The number of thioether (sulfide) groups is 1. The minimum Gasteiger partial charge on any atom is -0.273 e. The van der Waals surface area contributed by atoms with Gasteiger partial charge >= 0.3 is 0 Å². The molecule has 0 saturated carbocycles. The number of carbonyl (C=O) groups excluding carboxylic acids is 2. The van der Waals surface area contributed by atoms with Gasteiger partial charge in [-0.3, -0.25) is 14.5 Å². The molecule has 1 fully saturated rings. The number of hydrogen-bond acceptors (Lipinski definition) is 3. The molecule has 7 heteroatoms. The van der Waals surface area contributed by atoms with Crippen LogP contribution in [0.1, 0.15) is 10.4 Å². The van der Waals surface area contributed by atoms with Gasteiger partial charge in [0, 0.05) is 15.1 Å². The van der Waals surface area contributed by atoms with Crippen molar-refractivity contribution < 1.29 is 9.59 Å². The van der Waals surface area contributed by atoms with Crippen LogP contribution in [0.15, 0.2) is 58.0 Å². The zero-order chi connectivity index (χ0) is 16.4. The number of benzene rings is 2. The van der Waals surface area contributed by atoms with Crippen LogP contribution < -0.4 is 4.90 Å². The molecule has 1 aliphatic rings. The predicted octanol–water partition coefficient (Wildman–Crippen LogP) is 4.38. The first-order valence-electron chi connectivity index (χ1n) is 6.64. The molecule has 0 radical (unpaired) electrons. The summed E-state index contributed by atoms with van der Waals surface area (Å²) in [6.07, 6.45) is 0. The molecule has 4 nitrogen and oxygen atoms in total. The SMILES string of the molecule is O=C(N=C1SCC(=O)N1c1ccc(Br)cc1)c1ccc(Cl)cc1. The molecule has 1 heterocycles. The number of carbonyl (C=O) groups is 2. The second-order valence-corrected chi connectivity index (χ2v) is 7.00. The van der Waals surface area contributed by atoms with Gasteiger partial charge in [-0.25, -0.2) is 0 Å². The second-order valence-electron chi connectivity index (χ2n) is 4.70. The first kappa shape index (κ1) is 16.2. The molecule has 3 rings (SSSR count). The van der Waals surface area contributed by atoms with E-state index in [1.165, 1.54) is 16.7 Å². The van der Waals surface area contributed by atoms with Crippen LogP contribution in [0.4, 0.5) is 5.69 Å². The van der Waals surface area contributed by atoms with Crippen LogP contribution in [-0.2, 0) is 4.79 Å². The van der Waals surface area contributed by atoms with Crippen molar-refractivity contribution in [1.29, 1.82) is 0 Å². The van der Waals surface area contributed by atoms with Crippen LogP contribution in [0.25, 0.3) is 0 Å². The fraction of sp³-hybridized carbons (Fsp3) is 0.0625. The summed E-state index contributed by atoms with van der Waals surface area (Å²) in [4.78, 5) is 29.9. The normalized spacial score (nSPS) is 16.2. The average molecular weight is 410 g/mol. The fourth-order valence-electron chi connectivity index (χ4n) is 2.03. The molecule has 0 spiro atoms. The van der Waals surface area contributed by atoms with Crippen LogP contribution >= 0.6 is 39.3 Å². The standard InChI is InChI=1S/C16H10BrClN2O2S/c17-11-3-7-13(8-4-11)20-14(21)9-23-16(20)19-15(22)10-1-5-12(18)6-2-10/h1-8H,9H2. The van der Waals surface area contributed by atoms with Gasteiger partial charge < -0.3 is 0 Å². The Kier molecular flexibility index (Phi) is 4.84. The summed E-state index contributed by atoms with van der Waals surface area (Å²) >= 11 is 10.4. The number of rotatable bonds is 2. The van der Waals surface area contributed by atoms with E-state index in [0.29, 0.717) is 21.4 Å². The highest BCUT2D eigenvalue weighted by Crippen LogP contribution is 2.28. The first-order valence-corrected chi connectivity index (χ1v) is 8.80. The zero-order valence-electron chi connectivity index (χ0n) is 11.7. The van der Waals surface area contributed by atoms with Gasteiger partial charge in [0.15, 0.2) is 5.17 Å². The molecular weight excluding hydrogens is 400 g/mol. The molecule has 0 aliphatic carbocycles. The molecule has 2 aromatic carbocycles. The summed E-state index contributed by atoms with van der Waals surface area (Å²) in [5, 5.41) is 0.938. The number of amidine groups is 1. The Morgan fingerprint density at radius 2 is 1.78 bits per heavy atom. The van der Waals surface area contributed by atoms with Crippen molar-refractivity contribution in [2.75, 3.05) is 10.7 Å². The molecule has 0 N–H and O–H groups in total. The quantitative estimate of drug-likeness (QED) is 0.739. The van der Waals surface area contributed by atoms with Crippen molar-refractivity contribution in [3.05, 3.63) is 63.6 Å². The van der Waals surface area contributed by atoms with E-state index in [1.807, 2.05) is 12.1 Å². The molecule has 0 atom stereocenters. The van der Waals surface area contributed by atoms with Crippen molar-refractivity contribution in [2.24, 2.45) is 4.99 Å². The summed E-state index contributed by atoms with van der Waals surface area (Å²) in [6, 6.07) is 13.8. The van der Waals surface area contributed by atoms with Crippen molar-refractivity contribution in [3.63, 3.8) is 0 Å². The van der Waals surface area contributed by atoms with Crippen molar-refractivity contribution in [1.82, 2.24) is 0 Å². The van der Waals surface area contributed by atoms with Crippen LogP contribution in [0, 0.1) is 0 Å². The lowest BCUT2D eigenvalue weighted by Crippen LogP contribution is -2.29. The van der Waals surface area contributed by atoms with Gasteiger partial charge in [0.25, 0.3) is 5.91 Å². The fourth-order valence-corrected chi connectivity index (χ4v) is 3.29. The number of aliphatic imine (C=N–C) groups is 1. The van der Waals surface area contributed by atoms with E-state index in [0.717, 1.165) is 4.47 Å². The summed E-state index contributed by atoms with van der Waals surface area (Å²) in [5.74, 6) is -0.232. The van der Waals surface area contributed by atoms with Gasteiger partial charge in [0.05, 0.1) is 11.4 Å². The van der Waals surface area contributed by atoms with Gasteiger partial charge in [-0.2, -0.15) is 4.99 Å². The highest BCUT2D eigenvalue weighted by atomic mass is 79.9. The maximum Gasteiger partial charge on any atom is 0.279 e. The number of nitrogens with zero attached hydrogens (tertiary/aromatic N) is 2. The molecule has 1 saturated heterocycles. The van der Waals surface area contributed by atoms with Crippen LogP contribution in [0.3, 0.4) is 0 Å². The Morgan fingerprint density at radius 1 is 1.13 bits per heavy atom. The number of hydrogen-bond donors (Lipinski definition) is 0. The lowest BCUT2D eigenvalue weighted by Gasteiger charge is -2.15. The molecule has 23 heavy (non-hydrogen) atoms. The lowest BCUT2D eigenvalue weighted by molar-refractivity contribution is -0.115. The maximum absolute atomic E-state index is 12.3. The lowest BCUT2D eigenvalue weighted by atomic mass is 10.2. The van der Waals surface area contributed by atoms with Crippen LogP contribution in [0.2, 0.25) is 5.02 Å². The Bertz CT molecular complexity index is 791. The van der Waals surface area contributed by atoms with E-state index >= 15 is 0 Å². The first-order chi connectivity index (χ1) is 11.0. The Hall–Kier alpha value is -1.63. The van der Waals surface area contributed by atoms with E-state index < -0.39 is 5.91 Å². The topological polar surface area (TPSA) is 49.7 Å². The predicted molar refractivity (Wildman–Crippen MR) is 97.3 cm³/mol. The molecule has 2 aromatic rings. The van der Waals surface area contributed by atoms with E-state index in [1.54, 1.807) is 36.4 Å². The molecule has 116 valence electrons. The molecule has 0 aromatic heterocycles. The molecule has 0 unspecified atom stereocenters. The summed E-state index contributed by atoms with van der Waals surface area (Å²) in [5.41, 5.74) is 1.11. The van der Waals surface area contributed by atoms with Gasteiger partial charge in [0.1, 0.15) is 0 Å².